The van der Waals surface area contributed by atoms with Gasteiger partial charge in [0.2, 0.25) is 5.89 Å². The molecule has 0 bridgehead atoms. The number of halogens is 1. The zero-order chi connectivity index (χ0) is 7.40. The topological polar surface area (TPSA) is 26.0 Å². The number of hydrogen-bond donors (Lipinski definition) is 0. The van der Waals surface area contributed by atoms with Crippen LogP contribution in [0.25, 0.3) is 0 Å². The highest BCUT2D eigenvalue weighted by atomic mass is 79.9. The molecule has 0 atom stereocenters. The van der Waals surface area contributed by atoms with Gasteiger partial charge in [-0.3, -0.25) is 0 Å². The monoisotopic (exact) mass is 221 g/mol. The van der Waals surface area contributed by atoms with Crippen LogP contribution >= 0.6 is 27.7 Å². The standard InChI is InChI=1S/C6H8BrNOS/c1-2-10-4-6-8-3-5(7)9-6/h3H,2,4H2,1H3. The molecular formula is C6H8BrNOS. The molecule has 0 amide bonds. The summed E-state index contributed by atoms with van der Waals surface area (Å²) in [6.45, 7) is 2.11. The molecule has 0 saturated carbocycles. The number of thioether (sulfide) groups is 1. The van der Waals surface area contributed by atoms with Crippen molar-refractivity contribution in [3.63, 3.8) is 0 Å². The zero-order valence-corrected chi connectivity index (χ0v) is 8.04. The second-order valence-electron chi connectivity index (χ2n) is 1.70. The van der Waals surface area contributed by atoms with Crippen molar-refractivity contribution in [2.75, 3.05) is 5.75 Å². The molecular weight excluding hydrogens is 214 g/mol. The summed E-state index contributed by atoms with van der Waals surface area (Å²) in [5.74, 6) is 2.75. The molecule has 0 aromatic carbocycles. The van der Waals surface area contributed by atoms with Gasteiger partial charge >= 0.3 is 0 Å². The van der Waals surface area contributed by atoms with Gasteiger partial charge < -0.3 is 4.42 Å². The molecule has 0 fully saturated rings. The molecule has 0 aliphatic heterocycles. The van der Waals surface area contributed by atoms with Gasteiger partial charge in [0.1, 0.15) is 0 Å². The summed E-state index contributed by atoms with van der Waals surface area (Å²) >= 11 is 4.98. The van der Waals surface area contributed by atoms with E-state index in [1.54, 1.807) is 18.0 Å². The van der Waals surface area contributed by atoms with E-state index in [-0.39, 0.29) is 0 Å². The Kier molecular flexibility index (Phi) is 3.28. The van der Waals surface area contributed by atoms with E-state index in [9.17, 15) is 0 Å². The first-order valence-electron chi connectivity index (χ1n) is 3.01. The van der Waals surface area contributed by atoms with Crippen molar-refractivity contribution in [1.29, 1.82) is 0 Å². The normalized spacial score (nSPS) is 10.2. The Morgan fingerprint density at radius 3 is 3.10 bits per heavy atom. The largest absolute Gasteiger partial charge is 0.433 e. The minimum atomic E-state index is 0.708. The van der Waals surface area contributed by atoms with Crippen LogP contribution in [-0.2, 0) is 5.75 Å². The van der Waals surface area contributed by atoms with E-state index < -0.39 is 0 Å². The van der Waals surface area contributed by atoms with Crippen LogP contribution in [0, 0.1) is 0 Å². The Balaban J connectivity index is 2.42. The van der Waals surface area contributed by atoms with E-state index in [2.05, 4.69) is 27.8 Å². The number of aromatic nitrogens is 1. The molecule has 10 heavy (non-hydrogen) atoms. The van der Waals surface area contributed by atoms with Crippen molar-refractivity contribution in [3.05, 3.63) is 16.8 Å². The maximum atomic E-state index is 5.17. The maximum Gasteiger partial charge on any atom is 0.205 e. The minimum absolute atomic E-state index is 0.708. The third-order valence-corrected chi connectivity index (χ3v) is 2.18. The average molecular weight is 222 g/mol. The Bertz CT molecular complexity index is 201. The smallest absolute Gasteiger partial charge is 0.205 e. The van der Waals surface area contributed by atoms with Gasteiger partial charge in [-0.1, -0.05) is 6.92 Å². The Hall–Kier alpha value is 0.0400. The first-order valence-corrected chi connectivity index (χ1v) is 4.95. The molecule has 0 saturated heterocycles. The van der Waals surface area contributed by atoms with Gasteiger partial charge in [0.25, 0.3) is 0 Å². The van der Waals surface area contributed by atoms with Gasteiger partial charge in [0.05, 0.1) is 11.9 Å². The van der Waals surface area contributed by atoms with Crippen molar-refractivity contribution in [2.24, 2.45) is 0 Å². The Morgan fingerprint density at radius 2 is 2.60 bits per heavy atom. The molecule has 0 spiro atoms. The van der Waals surface area contributed by atoms with Crippen molar-refractivity contribution >= 4 is 27.7 Å². The summed E-state index contributed by atoms with van der Waals surface area (Å²) in [4.78, 5) is 4.02. The van der Waals surface area contributed by atoms with Crippen LogP contribution in [0.5, 0.6) is 0 Å². The van der Waals surface area contributed by atoms with Crippen molar-refractivity contribution in [2.45, 2.75) is 12.7 Å². The van der Waals surface area contributed by atoms with Crippen LogP contribution in [-0.4, -0.2) is 10.7 Å². The second kappa shape index (κ2) is 4.03. The quantitative estimate of drug-likeness (QED) is 0.786. The Labute approximate surface area is 72.5 Å². The van der Waals surface area contributed by atoms with Gasteiger partial charge in [-0.25, -0.2) is 4.98 Å². The third kappa shape index (κ3) is 2.34. The van der Waals surface area contributed by atoms with Crippen molar-refractivity contribution in [3.8, 4) is 0 Å². The Morgan fingerprint density at radius 1 is 1.80 bits per heavy atom. The molecule has 0 radical (unpaired) electrons. The van der Waals surface area contributed by atoms with E-state index in [0.29, 0.717) is 4.67 Å². The first kappa shape index (κ1) is 8.14. The summed E-state index contributed by atoms with van der Waals surface area (Å²) in [5.41, 5.74) is 0. The average Bonchev–Trinajstić information content (AvgIpc) is 2.31. The highest BCUT2D eigenvalue weighted by Crippen LogP contribution is 2.15. The summed E-state index contributed by atoms with van der Waals surface area (Å²) in [6.07, 6.45) is 1.67. The second-order valence-corrected chi connectivity index (χ2v) is 3.75. The van der Waals surface area contributed by atoms with E-state index in [1.807, 2.05) is 0 Å². The van der Waals surface area contributed by atoms with Gasteiger partial charge in [-0.05, 0) is 21.7 Å². The lowest BCUT2D eigenvalue weighted by atomic mass is 10.8. The molecule has 1 heterocycles. The fraction of sp³-hybridized carbons (Fsp3) is 0.500. The van der Waals surface area contributed by atoms with E-state index >= 15 is 0 Å². The zero-order valence-electron chi connectivity index (χ0n) is 5.63. The molecule has 0 unspecified atom stereocenters. The van der Waals surface area contributed by atoms with E-state index in [4.69, 9.17) is 4.42 Å². The predicted molar refractivity (Wildman–Crippen MR) is 46.0 cm³/mol. The number of rotatable bonds is 3. The molecule has 1 aromatic heterocycles. The molecule has 1 aromatic rings. The fourth-order valence-corrected chi connectivity index (χ4v) is 1.35. The van der Waals surface area contributed by atoms with Crippen LogP contribution < -0.4 is 0 Å². The van der Waals surface area contributed by atoms with Crippen LogP contribution in [0.3, 0.4) is 0 Å². The van der Waals surface area contributed by atoms with Crippen LogP contribution in [0.15, 0.2) is 15.3 Å². The molecule has 0 aliphatic rings. The van der Waals surface area contributed by atoms with Gasteiger partial charge in [-0.15, -0.1) is 0 Å². The van der Waals surface area contributed by atoms with Crippen LogP contribution in [0.1, 0.15) is 12.8 Å². The molecule has 2 nitrogen and oxygen atoms in total. The summed E-state index contributed by atoms with van der Waals surface area (Å²) in [6, 6.07) is 0. The van der Waals surface area contributed by atoms with Gasteiger partial charge in [0.15, 0.2) is 4.67 Å². The lowest BCUT2D eigenvalue weighted by molar-refractivity contribution is 0.495. The number of nitrogens with zero attached hydrogens (tertiary/aromatic N) is 1. The highest BCUT2D eigenvalue weighted by molar-refractivity contribution is 9.10. The molecule has 1 rings (SSSR count). The first-order chi connectivity index (χ1) is 4.83. The predicted octanol–water partition coefficient (Wildman–Crippen LogP) is 2.69. The van der Waals surface area contributed by atoms with Crippen molar-refractivity contribution in [1.82, 2.24) is 4.98 Å². The fourth-order valence-electron chi connectivity index (χ4n) is 0.544. The van der Waals surface area contributed by atoms with Crippen LogP contribution in [0.4, 0.5) is 0 Å². The SMILES string of the molecule is CCSCc1ncc(Br)o1. The van der Waals surface area contributed by atoms with E-state index in [0.717, 1.165) is 17.4 Å². The van der Waals surface area contributed by atoms with Gasteiger partial charge in [0, 0.05) is 0 Å². The van der Waals surface area contributed by atoms with E-state index in [1.165, 1.54) is 0 Å². The number of hydrogen-bond acceptors (Lipinski definition) is 3. The third-order valence-electron chi connectivity index (χ3n) is 0.955. The summed E-state index contributed by atoms with van der Waals surface area (Å²) in [7, 11) is 0. The molecule has 56 valence electrons. The summed E-state index contributed by atoms with van der Waals surface area (Å²) < 4.78 is 5.88. The maximum absolute atomic E-state index is 5.17. The lowest BCUT2D eigenvalue weighted by Crippen LogP contribution is -1.78. The summed E-state index contributed by atoms with van der Waals surface area (Å²) in [5, 5.41) is 0. The number of oxazole rings is 1. The van der Waals surface area contributed by atoms with Crippen molar-refractivity contribution < 1.29 is 4.42 Å². The highest BCUT2D eigenvalue weighted by Gasteiger charge is 1.98. The molecule has 0 aliphatic carbocycles. The molecule has 4 heteroatoms. The van der Waals surface area contributed by atoms with Gasteiger partial charge in [-0.2, -0.15) is 11.8 Å². The molecule has 0 N–H and O–H groups in total. The minimum Gasteiger partial charge on any atom is -0.433 e. The lowest BCUT2D eigenvalue weighted by Gasteiger charge is -1.89. The van der Waals surface area contributed by atoms with Crippen LogP contribution in [0.2, 0.25) is 0 Å².